The van der Waals surface area contributed by atoms with Crippen LogP contribution >= 0.6 is 0 Å². The minimum atomic E-state index is -0.389. The van der Waals surface area contributed by atoms with Gasteiger partial charge < -0.3 is 9.80 Å². The van der Waals surface area contributed by atoms with Crippen LogP contribution in [0.2, 0.25) is 0 Å². The van der Waals surface area contributed by atoms with Gasteiger partial charge in [-0.2, -0.15) is 0 Å². The maximum Gasteiger partial charge on any atom is 0.123 e. The second-order valence-electron chi connectivity index (χ2n) is 14.3. The molecular weight excluding hydrogens is 729 g/mol. The first kappa shape index (κ1) is 35.0. The number of nitrogens with zero attached hydrogens (tertiary/aromatic N) is 2. The molecule has 278 valence electrons. The Morgan fingerprint density at radius 3 is 0.897 bits per heavy atom. The van der Waals surface area contributed by atoms with E-state index in [9.17, 15) is 17.6 Å². The fourth-order valence-corrected chi connectivity index (χ4v) is 8.25. The van der Waals surface area contributed by atoms with Crippen LogP contribution in [0.25, 0.3) is 54.6 Å². The second-order valence-corrected chi connectivity index (χ2v) is 14.3. The van der Waals surface area contributed by atoms with Gasteiger partial charge in [-0.05, 0) is 148 Å². The Kier molecular flexibility index (Phi) is 8.60. The van der Waals surface area contributed by atoms with Gasteiger partial charge in [-0.3, -0.25) is 0 Å². The minimum Gasteiger partial charge on any atom is -0.310 e. The van der Waals surface area contributed by atoms with Crippen molar-refractivity contribution in [3.63, 3.8) is 0 Å². The first-order chi connectivity index (χ1) is 28.4. The van der Waals surface area contributed by atoms with Crippen LogP contribution in [0.4, 0.5) is 51.7 Å². The smallest absolute Gasteiger partial charge is 0.123 e. The summed E-state index contributed by atoms with van der Waals surface area (Å²) >= 11 is 0. The lowest BCUT2D eigenvalue weighted by molar-refractivity contribution is 0.627. The summed E-state index contributed by atoms with van der Waals surface area (Å²) in [5.74, 6) is -1.56. The number of anilines is 6. The van der Waals surface area contributed by atoms with E-state index in [0.717, 1.165) is 65.9 Å². The molecule has 0 fully saturated rings. The van der Waals surface area contributed by atoms with Crippen LogP contribution < -0.4 is 9.80 Å². The second kappa shape index (κ2) is 14.3. The zero-order chi connectivity index (χ0) is 39.3. The maximum atomic E-state index is 14.6. The van der Waals surface area contributed by atoms with Gasteiger partial charge in [0.2, 0.25) is 0 Å². The number of rotatable bonds is 8. The Hall–Kier alpha value is -7.44. The summed E-state index contributed by atoms with van der Waals surface area (Å²) in [7, 11) is 0. The quantitative estimate of drug-likeness (QED) is 0.112. The zero-order valence-electron chi connectivity index (χ0n) is 30.9. The van der Waals surface area contributed by atoms with E-state index in [2.05, 4.69) is 60.7 Å². The molecule has 0 aliphatic rings. The molecule has 10 aromatic rings. The fraction of sp³-hybridized carbons (Fsp3) is 0. The highest BCUT2D eigenvalue weighted by Gasteiger charge is 2.26. The number of halogens is 4. The first-order valence-corrected chi connectivity index (χ1v) is 18.9. The van der Waals surface area contributed by atoms with Gasteiger partial charge in [-0.1, -0.05) is 84.9 Å². The van der Waals surface area contributed by atoms with Crippen molar-refractivity contribution in [3.05, 3.63) is 217 Å². The van der Waals surface area contributed by atoms with Crippen LogP contribution in [-0.4, -0.2) is 0 Å². The lowest BCUT2D eigenvalue weighted by Crippen LogP contribution is -2.14. The van der Waals surface area contributed by atoms with Crippen molar-refractivity contribution in [2.24, 2.45) is 0 Å². The number of benzene rings is 10. The van der Waals surface area contributed by atoms with E-state index < -0.39 is 0 Å². The molecule has 0 amide bonds. The maximum absolute atomic E-state index is 14.6. The summed E-state index contributed by atoms with van der Waals surface area (Å²) in [4.78, 5) is 4.00. The minimum absolute atomic E-state index is 0.389. The molecular formula is C52H32F4N2. The predicted octanol–water partition coefficient (Wildman–Crippen LogP) is 15.4. The van der Waals surface area contributed by atoms with E-state index in [1.807, 2.05) is 46.2 Å². The zero-order valence-corrected chi connectivity index (χ0v) is 30.9. The summed E-state index contributed by atoms with van der Waals surface area (Å²) in [6.45, 7) is 0. The molecule has 0 unspecified atom stereocenters. The molecule has 0 atom stereocenters. The van der Waals surface area contributed by atoms with Crippen LogP contribution in [0.15, 0.2) is 194 Å². The molecule has 2 nitrogen and oxygen atoms in total. The molecule has 6 heteroatoms. The van der Waals surface area contributed by atoms with Crippen molar-refractivity contribution in [1.29, 1.82) is 0 Å². The lowest BCUT2D eigenvalue weighted by Gasteiger charge is -2.32. The van der Waals surface area contributed by atoms with E-state index in [4.69, 9.17) is 0 Å². The summed E-state index contributed by atoms with van der Waals surface area (Å²) in [5.41, 5.74) is 8.34. The molecule has 0 saturated carbocycles. The van der Waals surface area contributed by atoms with E-state index in [0.29, 0.717) is 22.7 Å². The molecule has 10 aromatic carbocycles. The molecule has 0 radical (unpaired) electrons. The van der Waals surface area contributed by atoms with Gasteiger partial charge in [-0.15, -0.1) is 0 Å². The van der Waals surface area contributed by atoms with Crippen LogP contribution in [0.5, 0.6) is 0 Å². The molecule has 58 heavy (non-hydrogen) atoms. The van der Waals surface area contributed by atoms with Crippen molar-refractivity contribution < 1.29 is 17.6 Å². The van der Waals surface area contributed by atoms with E-state index in [1.165, 1.54) is 48.5 Å². The lowest BCUT2D eigenvalue weighted by atomic mass is 9.84. The molecule has 0 spiro atoms. The standard InChI is InChI=1S/C52H32F4N2/c53-35-11-19-39(20-12-35)57(40-21-13-36(54)14-22-40)49-32-50(58(41-23-15-37(55)16-24-41)42-25-17-38(56)18-26-42)46-30-28-44-48(34-9-5-2-6-10-34)31-47(33-7-3-1-4-8-33)43-27-29-45(49)52(46)51(43)44/h1-32H. The van der Waals surface area contributed by atoms with Crippen LogP contribution in [0.1, 0.15) is 0 Å². The number of hydrogen-bond donors (Lipinski definition) is 0. The highest BCUT2D eigenvalue weighted by Crippen LogP contribution is 2.52. The molecule has 10 rings (SSSR count). The Labute approximate surface area is 332 Å². The molecule has 0 aliphatic carbocycles. The van der Waals surface area contributed by atoms with Gasteiger partial charge in [-0.25, -0.2) is 17.6 Å². The third kappa shape index (κ3) is 6.07. The summed E-state index contributed by atoms with van der Waals surface area (Å²) in [5, 5.41) is 5.89. The summed E-state index contributed by atoms with van der Waals surface area (Å²) in [6, 6.07) is 58.4. The van der Waals surface area contributed by atoms with Crippen LogP contribution in [0, 0.1) is 23.3 Å². The summed E-state index contributed by atoms with van der Waals surface area (Å²) < 4.78 is 58.2. The molecule has 0 bridgehead atoms. The largest absolute Gasteiger partial charge is 0.310 e. The van der Waals surface area contributed by atoms with Gasteiger partial charge in [0.25, 0.3) is 0 Å². The molecule has 0 saturated heterocycles. The number of hydrogen-bond acceptors (Lipinski definition) is 2. The van der Waals surface area contributed by atoms with E-state index in [-0.39, 0.29) is 23.3 Å². The first-order valence-electron chi connectivity index (χ1n) is 18.9. The van der Waals surface area contributed by atoms with Gasteiger partial charge in [0.05, 0.1) is 11.4 Å². The van der Waals surface area contributed by atoms with Crippen molar-refractivity contribution in [3.8, 4) is 22.3 Å². The monoisotopic (exact) mass is 760 g/mol. The van der Waals surface area contributed by atoms with Crippen LogP contribution in [0.3, 0.4) is 0 Å². The van der Waals surface area contributed by atoms with Crippen molar-refractivity contribution in [2.75, 3.05) is 9.80 Å². The molecule has 0 N–H and O–H groups in total. The van der Waals surface area contributed by atoms with Crippen molar-refractivity contribution >= 4 is 66.4 Å². The predicted molar refractivity (Wildman–Crippen MR) is 230 cm³/mol. The Bertz CT molecular complexity index is 2770. The van der Waals surface area contributed by atoms with Gasteiger partial charge >= 0.3 is 0 Å². The van der Waals surface area contributed by atoms with E-state index in [1.54, 1.807) is 48.5 Å². The van der Waals surface area contributed by atoms with Crippen molar-refractivity contribution in [2.45, 2.75) is 0 Å². The molecule has 0 aliphatic heterocycles. The highest BCUT2D eigenvalue weighted by atomic mass is 19.1. The molecule has 0 aromatic heterocycles. The third-order valence-corrected chi connectivity index (χ3v) is 10.8. The average Bonchev–Trinajstić information content (AvgIpc) is 3.26. The molecule has 0 heterocycles. The van der Waals surface area contributed by atoms with Gasteiger partial charge in [0, 0.05) is 38.9 Å². The fourth-order valence-electron chi connectivity index (χ4n) is 8.25. The SMILES string of the molecule is Fc1ccc(N(c2ccc(F)cc2)c2cc(N(c3ccc(F)cc3)c3ccc(F)cc3)c3ccc4c(-c5ccccc5)cc(-c5ccccc5)c5ccc2c3c54)cc1. The topological polar surface area (TPSA) is 6.48 Å². The third-order valence-electron chi connectivity index (χ3n) is 10.8. The highest BCUT2D eigenvalue weighted by molar-refractivity contribution is 6.32. The Balaban J connectivity index is 1.40. The Morgan fingerprint density at radius 1 is 0.276 bits per heavy atom. The summed E-state index contributed by atoms with van der Waals surface area (Å²) in [6.07, 6.45) is 0. The Morgan fingerprint density at radius 2 is 0.569 bits per heavy atom. The van der Waals surface area contributed by atoms with Gasteiger partial charge in [0.15, 0.2) is 0 Å². The van der Waals surface area contributed by atoms with Crippen molar-refractivity contribution in [1.82, 2.24) is 0 Å². The average molecular weight is 761 g/mol. The van der Waals surface area contributed by atoms with Gasteiger partial charge in [0.1, 0.15) is 23.3 Å². The van der Waals surface area contributed by atoms with E-state index >= 15 is 0 Å². The van der Waals surface area contributed by atoms with Crippen LogP contribution in [-0.2, 0) is 0 Å². The normalized spacial score (nSPS) is 11.4.